The minimum Gasteiger partial charge on any atom is -0.0686 e. The van der Waals surface area contributed by atoms with Crippen LogP contribution in [0, 0.1) is 0 Å². The zero-order valence-electron chi connectivity index (χ0n) is 15.4. The highest BCUT2D eigenvalue weighted by Crippen LogP contribution is 2.88. The van der Waals surface area contributed by atoms with Crippen molar-refractivity contribution in [1.29, 1.82) is 0 Å². The average molecular weight is 322 g/mol. The summed E-state index contributed by atoms with van der Waals surface area (Å²) in [6, 6.07) is 0. The van der Waals surface area contributed by atoms with Gasteiger partial charge < -0.3 is 0 Å². The Morgan fingerprint density at radius 2 is 0.579 bits per heavy atom. The molecule has 0 atom stereocenters. The van der Waals surface area contributed by atoms with E-state index in [2.05, 4.69) is 83.1 Å². The van der Waals surface area contributed by atoms with Gasteiger partial charge in [0.25, 0.3) is 0 Å². The van der Waals surface area contributed by atoms with Gasteiger partial charge in [0.1, 0.15) is 0 Å². The maximum Gasteiger partial charge on any atom is -0.0135 e. The zero-order valence-corrected chi connectivity index (χ0v) is 18.2. The lowest BCUT2D eigenvalue weighted by atomic mass is 10.2. The molecule has 0 amide bonds. The molecular formula is C16H37P3. The lowest BCUT2D eigenvalue weighted by Crippen LogP contribution is -2.26. The highest BCUT2D eigenvalue weighted by Gasteiger charge is 2.42. The Balaban J connectivity index is 5.43. The Labute approximate surface area is 127 Å². The van der Waals surface area contributed by atoms with Crippen LogP contribution in [0.15, 0.2) is 0 Å². The predicted octanol–water partition coefficient (Wildman–Crippen LogP) is 7.65. The summed E-state index contributed by atoms with van der Waals surface area (Å²) >= 11 is 0. The first kappa shape index (κ1) is 20.3. The Kier molecular flexibility index (Phi) is 6.61. The fourth-order valence-corrected chi connectivity index (χ4v) is 24.9. The van der Waals surface area contributed by atoms with Crippen LogP contribution >= 0.6 is 23.2 Å². The van der Waals surface area contributed by atoms with Crippen molar-refractivity contribution in [2.45, 2.75) is 104 Å². The minimum absolute atomic E-state index is 0.0459. The maximum atomic E-state index is 2.45. The van der Waals surface area contributed by atoms with Crippen LogP contribution in [0.25, 0.3) is 0 Å². The molecule has 0 aliphatic rings. The fraction of sp³-hybridized carbons (Fsp3) is 1.00. The van der Waals surface area contributed by atoms with Gasteiger partial charge in [-0.2, -0.15) is 0 Å². The first-order valence-corrected chi connectivity index (χ1v) is 12.7. The molecule has 0 aromatic carbocycles. The van der Waals surface area contributed by atoms with Crippen molar-refractivity contribution >= 4 is 23.2 Å². The summed E-state index contributed by atoms with van der Waals surface area (Å²) in [5.41, 5.74) is 0. The van der Waals surface area contributed by atoms with E-state index in [1.54, 1.807) is 0 Å². The smallest absolute Gasteiger partial charge is 0.0135 e. The SMILES string of the molecule is CC(C)(C)P(PP(C(C)(C)C)C(C)(C)C)C(C)(C)C. The van der Waals surface area contributed by atoms with Gasteiger partial charge in [0.15, 0.2) is 0 Å². The van der Waals surface area contributed by atoms with Crippen molar-refractivity contribution in [3.8, 4) is 0 Å². The highest BCUT2D eigenvalue weighted by molar-refractivity contribution is 8.54. The Morgan fingerprint density at radius 1 is 0.421 bits per heavy atom. The monoisotopic (exact) mass is 322 g/mol. The van der Waals surface area contributed by atoms with E-state index >= 15 is 0 Å². The van der Waals surface area contributed by atoms with Gasteiger partial charge in [-0.05, 0) is 20.6 Å². The molecule has 0 aliphatic heterocycles. The molecule has 0 nitrogen and oxygen atoms in total. The van der Waals surface area contributed by atoms with Gasteiger partial charge in [0, 0.05) is 0 Å². The molecule has 0 saturated carbocycles. The van der Waals surface area contributed by atoms with Gasteiger partial charge in [0.05, 0.1) is 0 Å². The second kappa shape index (κ2) is 6.19. The summed E-state index contributed by atoms with van der Waals surface area (Å²) in [5, 5.41) is 1.85. The van der Waals surface area contributed by atoms with E-state index in [4.69, 9.17) is 0 Å². The van der Waals surface area contributed by atoms with Crippen LogP contribution in [0.1, 0.15) is 83.1 Å². The molecule has 116 valence electrons. The molecule has 0 spiro atoms. The highest BCUT2D eigenvalue weighted by atomic mass is 32.4. The lowest BCUT2D eigenvalue weighted by molar-refractivity contribution is 0.716. The average Bonchev–Trinajstić information content (AvgIpc) is 1.91. The van der Waals surface area contributed by atoms with Crippen molar-refractivity contribution < 1.29 is 0 Å². The molecule has 0 radical (unpaired) electrons. The third-order valence-electron chi connectivity index (χ3n) is 2.88. The van der Waals surface area contributed by atoms with Crippen molar-refractivity contribution in [2.24, 2.45) is 0 Å². The molecule has 0 aromatic rings. The summed E-state index contributed by atoms with van der Waals surface area (Å²) in [7, 11) is 1.24. The molecule has 0 heterocycles. The fourth-order valence-electron chi connectivity index (χ4n) is 2.71. The molecule has 0 aromatic heterocycles. The van der Waals surface area contributed by atoms with Crippen molar-refractivity contribution in [3.05, 3.63) is 0 Å². The van der Waals surface area contributed by atoms with Crippen molar-refractivity contribution in [2.75, 3.05) is 0 Å². The van der Waals surface area contributed by atoms with Gasteiger partial charge >= 0.3 is 0 Å². The van der Waals surface area contributed by atoms with Crippen molar-refractivity contribution in [3.63, 3.8) is 0 Å². The van der Waals surface area contributed by atoms with Crippen LogP contribution in [-0.2, 0) is 0 Å². The quantitative estimate of drug-likeness (QED) is 0.458. The molecule has 0 rings (SSSR count). The molecule has 0 N–H and O–H groups in total. The van der Waals surface area contributed by atoms with E-state index < -0.39 is 0 Å². The van der Waals surface area contributed by atoms with Gasteiger partial charge in [-0.1, -0.05) is 106 Å². The number of hydrogen-bond donors (Lipinski definition) is 0. The van der Waals surface area contributed by atoms with E-state index in [0.29, 0.717) is 20.6 Å². The molecule has 3 heteroatoms. The molecule has 19 heavy (non-hydrogen) atoms. The molecule has 0 saturated heterocycles. The van der Waals surface area contributed by atoms with Gasteiger partial charge in [-0.25, -0.2) is 0 Å². The summed E-state index contributed by atoms with van der Waals surface area (Å²) in [6.45, 7) is 29.4. The second-order valence-electron chi connectivity index (χ2n) is 9.45. The summed E-state index contributed by atoms with van der Waals surface area (Å²) in [6.07, 6.45) is 0. The largest absolute Gasteiger partial charge is 0.0686 e. The van der Waals surface area contributed by atoms with Crippen LogP contribution in [0.2, 0.25) is 0 Å². The predicted molar refractivity (Wildman–Crippen MR) is 101 cm³/mol. The van der Waals surface area contributed by atoms with Gasteiger partial charge in [-0.15, -0.1) is 0 Å². The van der Waals surface area contributed by atoms with Gasteiger partial charge in [0.2, 0.25) is 0 Å². The van der Waals surface area contributed by atoms with E-state index in [9.17, 15) is 0 Å². The zero-order chi connectivity index (χ0) is 15.9. The normalized spacial score (nSPS) is 15.5. The van der Waals surface area contributed by atoms with E-state index in [1.807, 2.05) is 0 Å². The first-order chi connectivity index (χ1) is 7.97. The third kappa shape index (κ3) is 6.72. The molecular weight excluding hydrogens is 285 g/mol. The van der Waals surface area contributed by atoms with E-state index in [-0.39, 0.29) is 15.2 Å². The first-order valence-electron chi connectivity index (χ1n) is 7.34. The van der Waals surface area contributed by atoms with Crippen LogP contribution in [0.3, 0.4) is 0 Å². The summed E-state index contributed by atoms with van der Waals surface area (Å²) in [4.78, 5) is 0. The Hall–Kier alpha value is 1.29. The molecule has 0 aliphatic carbocycles. The van der Waals surface area contributed by atoms with Gasteiger partial charge in [-0.3, -0.25) is 0 Å². The Morgan fingerprint density at radius 3 is 0.684 bits per heavy atom. The third-order valence-corrected chi connectivity index (χ3v) is 21.5. The Bertz CT molecular complexity index is 223. The van der Waals surface area contributed by atoms with Crippen LogP contribution < -0.4 is 0 Å². The summed E-state index contributed by atoms with van der Waals surface area (Å²) < 4.78 is 0. The topological polar surface area (TPSA) is 0 Å². The van der Waals surface area contributed by atoms with Crippen LogP contribution in [-0.4, -0.2) is 20.6 Å². The lowest BCUT2D eigenvalue weighted by Gasteiger charge is -2.49. The molecule has 0 unspecified atom stereocenters. The summed E-state index contributed by atoms with van der Waals surface area (Å²) in [5.74, 6) is 0. The maximum absolute atomic E-state index is 2.45. The number of hydrogen-bond acceptors (Lipinski definition) is 0. The minimum atomic E-state index is 0.0459. The molecule has 0 bridgehead atoms. The second-order valence-corrected chi connectivity index (χ2v) is 21.4. The van der Waals surface area contributed by atoms with Crippen LogP contribution in [0.5, 0.6) is 0 Å². The standard InChI is InChI=1S/C16H37P3/c1-13(2,3)18(14(4,5)6)17-19(15(7,8)9)16(10,11)12/h17H,1-12H3. The van der Waals surface area contributed by atoms with Crippen molar-refractivity contribution in [1.82, 2.24) is 0 Å². The molecule has 0 fully saturated rings. The van der Waals surface area contributed by atoms with E-state index in [1.165, 1.54) is 0 Å². The number of rotatable bonds is 2. The van der Waals surface area contributed by atoms with Crippen LogP contribution in [0.4, 0.5) is 0 Å². The van der Waals surface area contributed by atoms with E-state index in [0.717, 1.165) is 7.96 Å².